The maximum absolute atomic E-state index is 12.9. The molecule has 0 radical (unpaired) electrons. The molecule has 6 rings (SSSR count). The predicted molar refractivity (Wildman–Crippen MR) is 163 cm³/mol. The van der Waals surface area contributed by atoms with Crippen molar-refractivity contribution in [1.29, 1.82) is 0 Å². The van der Waals surface area contributed by atoms with E-state index in [9.17, 15) is 13.2 Å². The molecule has 0 spiro atoms. The maximum Gasteiger partial charge on any atom is 0.416 e. The molecular formula is C36H29F3OS. The summed E-state index contributed by atoms with van der Waals surface area (Å²) in [7, 11) is 1.68. The highest BCUT2D eigenvalue weighted by atomic mass is 32.1. The lowest BCUT2D eigenvalue weighted by molar-refractivity contribution is -0.137. The molecule has 0 amide bonds. The second kappa shape index (κ2) is 11.4. The van der Waals surface area contributed by atoms with Crippen molar-refractivity contribution in [2.75, 3.05) is 7.11 Å². The SMILES string of the molecule is COc1ccc(-c2ccc(C3=CCC(c4ccc(-c5ccc(-c6ccc(C(F)(F)F)cc6)cc5)s4)CC3)cc2)cc1. The van der Waals surface area contributed by atoms with Gasteiger partial charge in [0.1, 0.15) is 5.75 Å². The standard InChI is InChI=1S/C36H29F3OS/c1-40-33-20-16-29(17-21-33)25-4-2-24(3-5-25)26-6-10-30(11-7-26)34-22-23-35(41-34)31-12-8-27(9-13-31)28-14-18-32(19-15-28)36(37,38)39/h2-6,8-9,12-23,30H,7,10-11H2,1H3. The number of methoxy groups -OCH3 is 1. The van der Waals surface area contributed by atoms with Gasteiger partial charge in [-0.3, -0.25) is 0 Å². The molecule has 206 valence electrons. The lowest BCUT2D eigenvalue weighted by atomic mass is 9.85. The number of alkyl halides is 3. The van der Waals surface area contributed by atoms with Crippen LogP contribution < -0.4 is 4.74 Å². The fourth-order valence-electron chi connectivity index (χ4n) is 5.42. The first-order chi connectivity index (χ1) is 19.9. The largest absolute Gasteiger partial charge is 0.497 e. The third-order valence-corrected chi connectivity index (χ3v) is 9.13. The van der Waals surface area contributed by atoms with E-state index in [-0.39, 0.29) is 0 Å². The lowest BCUT2D eigenvalue weighted by Crippen LogP contribution is -2.03. The van der Waals surface area contributed by atoms with E-state index in [1.807, 2.05) is 35.6 Å². The van der Waals surface area contributed by atoms with Gasteiger partial charge in [-0.1, -0.05) is 78.9 Å². The number of allylic oxidation sites excluding steroid dienone is 2. The summed E-state index contributed by atoms with van der Waals surface area (Å²) in [6.07, 6.45) is 1.29. The summed E-state index contributed by atoms with van der Waals surface area (Å²) in [5.41, 5.74) is 7.26. The first-order valence-electron chi connectivity index (χ1n) is 13.7. The zero-order valence-electron chi connectivity index (χ0n) is 22.6. The van der Waals surface area contributed by atoms with E-state index in [1.165, 1.54) is 44.2 Å². The summed E-state index contributed by atoms with van der Waals surface area (Å²) in [6.45, 7) is 0. The Morgan fingerprint density at radius 1 is 0.634 bits per heavy atom. The van der Waals surface area contributed by atoms with Crippen LogP contribution in [0.2, 0.25) is 0 Å². The Hall–Kier alpha value is -4.09. The molecule has 1 atom stereocenters. The Bertz CT molecular complexity index is 1640. The van der Waals surface area contributed by atoms with Crippen LogP contribution in [0.4, 0.5) is 13.2 Å². The summed E-state index contributed by atoms with van der Waals surface area (Å²) >= 11 is 1.83. The molecule has 0 N–H and O–H groups in total. The van der Waals surface area contributed by atoms with Crippen LogP contribution in [-0.4, -0.2) is 7.11 Å². The summed E-state index contributed by atoms with van der Waals surface area (Å²) in [4.78, 5) is 2.61. The summed E-state index contributed by atoms with van der Waals surface area (Å²) in [6, 6.07) is 34.8. The lowest BCUT2D eigenvalue weighted by Gasteiger charge is -2.21. The Kier molecular flexibility index (Phi) is 7.55. The third kappa shape index (κ3) is 6.01. The van der Waals surface area contributed by atoms with Gasteiger partial charge >= 0.3 is 6.18 Å². The predicted octanol–water partition coefficient (Wildman–Crippen LogP) is 11.1. The van der Waals surface area contributed by atoms with Crippen molar-refractivity contribution in [3.63, 3.8) is 0 Å². The van der Waals surface area contributed by atoms with E-state index in [4.69, 9.17) is 4.74 Å². The normalized spacial score (nSPS) is 15.4. The van der Waals surface area contributed by atoms with Gasteiger partial charge in [0.15, 0.2) is 0 Å². The van der Waals surface area contributed by atoms with Gasteiger partial charge in [0.05, 0.1) is 12.7 Å². The van der Waals surface area contributed by atoms with E-state index < -0.39 is 11.7 Å². The van der Waals surface area contributed by atoms with Crippen LogP contribution in [0.25, 0.3) is 38.3 Å². The molecule has 1 heterocycles. The van der Waals surface area contributed by atoms with E-state index in [1.54, 1.807) is 7.11 Å². The average molecular weight is 567 g/mol. The van der Waals surface area contributed by atoms with Crippen molar-refractivity contribution < 1.29 is 17.9 Å². The number of hydrogen-bond donors (Lipinski definition) is 0. The van der Waals surface area contributed by atoms with Crippen molar-refractivity contribution >= 4 is 16.9 Å². The minimum Gasteiger partial charge on any atom is -0.497 e. The number of hydrogen-bond acceptors (Lipinski definition) is 2. The van der Waals surface area contributed by atoms with Crippen molar-refractivity contribution in [1.82, 2.24) is 0 Å². The average Bonchev–Trinajstić information content (AvgIpc) is 3.52. The number of benzene rings is 4. The molecule has 0 aliphatic heterocycles. The summed E-state index contributed by atoms with van der Waals surface area (Å²) in [5.74, 6) is 1.38. The summed E-state index contributed by atoms with van der Waals surface area (Å²) < 4.78 is 43.9. The fraction of sp³-hybridized carbons (Fsp3) is 0.167. The van der Waals surface area contributed by atoms with Crippen LogP contribution in [0, 0.1) is 0 Å². The van der Waals surface area contributed by atoms with Gasteiger partial charge in [-0.15, -0.1) is 11.3 Å². The third-order valence-electron chi connectivity index (χ3n) is 7.83. The molecule has 0 saturated heterocycles. The van der Waals surface area contributed by atoms with Gasteiger partial charge in [-0.25, -0.2) is 0 Å². The second-order valence-electron chi connectivity index (χ2n) is 10.4. The van der Waals surface area contributed by atoms with Crippen molar-refractivity contribution in [3.8, 4) is 38.4 Å². The van der Waals surface area contributed by atoms with Gasteiger partial charge in [-0.2, -0.15) is 13.2 Å². The topological polar surface area (TPSA) is 9.23 Å². The van der Waals surface area contributed by atoms with Crippen LogP contribution >= 0.6 is 11.3 Å². The first kappa shape index (κ1) is 27.1. The first-order valence-corrected chi connectivity index (χ1v) is 14.5. The van der Waals surface area contributed by atoms with E-state index in [2.05, 4.69) is 66.7 Å². The minimum absolute atomic E-state index is 0.516. The van der Waals surface area contributed by atoms with Gasteiger partial charge < -0.3 is 4.74 Å². The van der Waals surface area contributed by atoms with Crippen molar-refractivity contribution in [3.05, 3.63) is 131 Å². The van der Waals surface area contributed by atoms with Crippen molar-refractivity contribution in [2.45, 2.75) is 31.4 Å². The van der Waals surface area contributed by atoms with Crippen LogP contribution in [0.3, 0.4) is 0 Å². The van der Waals surface area contributed by atoms with Crippen LogP contribution in [0.15, 0.2) is 115 Å². The van der Waals surface area contributed by atoms with Crippen LogP contribution in [0.1, 0.15) is 41.2 Å². The molecule has 5 aromatic rings. The molecular weight excluding hydrogens is 537 g/mol. The maximum atomic E-state index is 12.9. The molecule has 0 bridgehead atoms. The van der Waals surface area contributed by atoms with Gasteiger partial charge in [0.2, 0.25) is 0 Å². The molecule has 4 aromatic carbocycles. The number of thiophene rings is 1. The molecule has 5 heteroatoms. The number of rotatable bonds is 6. The molecule has 1 aliphatic rings. The van der Waals surface area contributed by atoms with E-state index in [0.29, 0.717) is 5.92 Å². The molecule has 1 nitrogen and oxygen atoms in total. The highest BCUT2D eigenvalue weighted by Gasteiger charge is 2.30. The molecule has 1 aliphatic carbocycles. The van der Waals surface area contributed by atoms with Gasteiger partial charge in [0.25, 0.3) is 0 Å². The number of ether oxygens (including phenoxy) is 1. The van der Waals surface area contributed by atoms with Crippen LogP contribution in [-0.2, 0) is 6.18 Å². The monoisotopic (exact) mass is 566 g/mol. The second-order valence-corrected chi connectivity index (χ2v) is 11.5. The quantitative estimate of drug-likeness (QED) is 0.199. The van der Waals surface area contributed by atoms with E-state index >= 15 is 0 Å². The highest BCUT2D eigenvalue weighted by Crippen LogP contribution is 2.41. The molecule has 0 fully saturated rings. The molecule has 41 heavy (non-hydrogen) atoms. The zero-order chi connectivity index (χ0) is 28.4. The Morgan fingerprint density at radius 2 is 1.15 bits per heavy atom. The zero-order valence-corrected chi connectivity index (χ0v) is 23.4. The Morgan fingerprint density at radius 3 is 1.66 bits per heavy atom. The minimum atomic E-state index is -4.32. The number of halogens is 3. The molecule has 1 unspecified atom stereocenters. The summed E-state index contributed by atoms with van der Waals surface area (Å²) in [5, 5.41) is 0. The van der Waals surface area contributed by atoms with Gasteiger partial charge in [0, 0.05) is 9.75 Å². The molecule has 1 aromatic heterocycles. The fourth-order valence-corrected chi connectivity index (χ4v) is 6.58. The van der Waals surface area contributed by atoms with Crippen LogP contribution in [0.5, 0.6) is 5.75 Å². The highest BCUT2D eigenvalue weighted by molar-refractivity contribution is 7.15. The van der Waals surface area contributed by atoms with Gasteiger partial charge in [-0.05, 0) is 101 Å². The molecule has 0 saturated carbocycles. The van der Waals surface area contributed by atoms with Crippen molar-refractivity contribution in [2.24, 2.45) is 0 Å². The smallest absolute Gasteiger partial charge is 0.416 e. The Balaban J connectivity index is 1.10. The Labute approximate surface area is 242 Å². The van der Waals surface area contributed by atoms with E-state index in [0.717, 1.165) is 53.8 Å².